The van der Waals surface area contributed by atoms with E-state index in [1.165, 1.54) is 83.6 Å². The highest BCUT2D eigenvalue weighted by Crippen LogP contribution is 2.21. The minimum Gasteiger partial charge on any atom is -0.546 e. The molecule has 1 rings (SSSR count). The lowest BCUT2D eigenvalue weighted by Crippen LogP contribution is -2.43. The van der Waals surface area contributed by atoms with E-state index in [0.29, 0.717) is 17.4 Å². The van der Waals surface area contributed by atoms with Crippen LogP contribution in [0.4, 0.5) is 0 Å². The lowest BCUT2D eigenvalue weighted by molar-refractivity contribution is -0.891. The van der Waals surface area contributed by atoms with Crippen molar-refractivity contribution < 1.29 is 29.0 Å². The molecule has 0 aromatic heterocycles. The van der Waals surface area contributed by atoms with Gasteiger partial charge < -0.3 is 29.0 Å². The number of rotatable bonds is 21. The van der Waals surface area contributed by atoms with Crippen molar-refractivity contribution in [2.75, 3.05) is 53.6 Å². The predicted molar refractivity (Wildman–Crippen MR) is 148 cm³/mol. The van der Waals surface area contributed by atoms with Crippen molar-refractivity contribution in [1.29, 1.82) is 0 Å². The molecule has 0 amide bonds. The largest absolute Gasteiger partial charge is 0.546 e. The van der Waals surface area contributed by atoms with Crippen LogP contribution in [0.25, 0.3) is 0 Å². The first-order valence-electron chi connectivity index (χ1n) is 13.8. The zero-order chi connectivity index (χ0) is 27.1. The summed E-state index contributed by atoms with van der Waals surface area (Å²) in [5.74, 6) is -0.733. The van der Waals surface area contributed by atoms with Crippen LogP contribution >= 0.6 is 11.6 Å². The third kappa shape index (κ3) is 21.9. The lowest BCUT2D eigenvalue weighted by Gasteiger charge is -2.29. The molecule has 0 spiro atoms. The Labute approximate surface area is 225 Å². The second-order valence-electron chi connectivity index (χ2n) is 10.2. The molecule has 0 heterocycles. The molecule has 210 valence electrons. The maximum Gasteiger partial charge on any atom is 0.128 e. The number of hydrogen-bond donors (Lipinski definition) is 1. The minimum absolute atomic E-state index is 0.131. The van der Waals surface area contributed by atoms with Crippen molar-refractivity contribution in [1.82, 2.24) is 0 Å². The maximum absolute atomic E-state index is 10.1. The number of carboxylic acid groups (broad SMARTS) is 1. The number of quaternary nitrogens is 1. The molecule has 0 radical (unpaired) electrons. The molecule has 0 aliphatic carbocycles. The van der Waals surface area contributed by atoms with Gasteiger partial charge in [0.05, 0.1) is 46.4 Å². The number of hydrogen-bond acceptors (Lipinski definition) is 5. The number of aliphatic hydroxyl groups is 1. The average molecular weight is 530 g/mol. The smallest absolute Gasteiger partial charge is 0.128 e. The van der Waals surface area contributed by atoms with Gasteiger partial charge in [-0.25, -0.2) is 0 Å². The molecule has 1 aromatic carbocycles. The molecule has 0 unspecified atom stereocenters. The fourth-order valence-corrected chi connectivity index (χ4v) is 4.11. The fraction of sp³-hybridized carbons (Fsp3) is 0.759. The van der Waals surface area contributed by atoms with Crippen LogP contribution in [0.3, 0.4) is 0 Å². The van der Waals surface area contributed by atoms with E-state index in [0.717, 1.165) is 23.2 Å². The number of halogens is 1. The van der Waals surface area contributed by atoms with Gasteiger partial charge in [0.1, 0.15) is 18.9 Å². The van der Waals surface area contributed by atoms with Crippen molar-refractivity contribution >= 4 is 17.6 Å². The highest BCUT2D eigenvalue weighted by molar-refractivity contribution is 6.30. The Hall–Kier alpha value is -1.34. The first-order valence-corrected chi connectivity index (χ1v) is 14.2. The van der Waals surface area contributed by atoms with Gasteiger partial charge in [0, 0.05) is 5.02 Å². The number of aliphatic carboxylic acids is 1. The summed E-state index contributed by atoms with van der Waals surface area (Å²) in [7, 11) is 4.56. The Kier molecular flexibility index (Phi) is 22.0. The Morgan fingerprint density at radius 1 is 0.917 bits per heavy atom. The monoisotopic (exact) mass is 529 g/mol. The highest BCUT2D eigenvalue weighted by Gasteiger charge is 2.13. The minimum atomic E-state index is -1.24. The predicted octanol–water partition coefficient (Wildman–Crippen LogP) is 5.55. The van der Waals surface area contributed by atoms with Gasteiger partial charge in [-0.3, -0.25) is 0 Å². The molecule has 6 nitrogen and oxygen atoms in total. The topological polar surface area (TPSA) is 78.8 Å². The Bertz CT molecular complexity index is 669. The molecule has 36 heavy (non-hydrogen) atoms. The standard InChI is InChI=1S/C20H44NO2.C9H9ClO3/c1-4-5-6-7-8-9-10-11-12-13-14-15-16-21(2,3)17-19-23-20-18-22;1-6-4-7(10)2-3-8(6)13-5-9(11)12/h22H,4-20H2,1-3H3;2-4H,5H2,1H3,(H,11,12)/q+1;/p-1. The van der Waals surface area contributed by atoms with Crippen LogP contribution in [0.5, 0.6) is 5.75 Å². The van der Waals surface area contributed by atoms with Crippen LogP contribution in [0, 0.1) is 6.92 Å². The molecule has 0 bridgehead atoms. The Morgan fingerprint density at radius 2 is 1.47 bits per heavy atom. The van der Waals surface area contributed by atoms with Crippen LogP contribution in [0.2, 0.25) is 5.02 Å². The van der Waals surface area contributed by atoms with Gasteiger partial charge in [-0.1, -0.05) is 82.7 Å². The summed E-state index contributed by atoms with van der Waals surface area (Å²) in [5, 5.41) is 19.4. The summed E-state index contributed by atoms with van der Waals surface area (Å²) in [5.41, 5.74) is 0.800. The first kappa shape index (κ1) is 34.7. The molecule has 0 aliphatic rings. The lowest BCUT2D eigenvalue weighted by atomic mass is 10.1. The van der Waals surface area contributed by atoms with Crippen LogP contribution in [-0.2, 0) is 9.53 Å². The summed E-state index contributed by atoms with van der Waals surface area (Å²) in [6, 6.07) is 4.96. The van der Waals surface area contributed by atoms with Gasteiger partial charge in [-0.2, -0.15) is 0 Å². The fourth-order valence-electron chi connectivity index (χ4n) is 3.88. The number of carboxylic acids is 1. The number of unbranched alkanes of at least 4 members (excludes halogenated alkanes) is 11. The van der Waals surface area contributed by atoms with Gasteiger partial charge in [0.25, 0.3) is 0 Å². The number of aryl methyl sites for hydroxylation is 1. The van der Waals surface area contributed by atoms with Gasteiger partial charge >= 0.3 is 0 Å². The van der Waals surface area contributed by atoms with Crippen molar-refractivity contribution in [2.24, 2.45) is 0 Å². The molecule has 0 saturated carbocycles. The molecular weight excluding hydrogens is 478 g/mol. The Balaban J connectivity index is 0.000000790. The summed E-state index contributed by atoms with van der Waals surface area (Å²) in [6.07, 6.45) is 16.9. The second-order valence-corrected chi connectivity index (χ2v) is 10.6. The molecule has 7 heteroatoms. The molecule has 0 atom stereocenters. The van der Waals surface area contributed by atoms with E-state index in [1.807, 2.05) is 0 Å². The SMILES string of the molecule is CCCCCCCCCCCCCC[N+](C)(C)CCOCCO.Cc1cc(Cl)ccc1OCC(=O)[O-]. The summed E-state index contributed by atoms with van der Waals surface area (Å²) in [6.45, 7) is 7.26. The van der Waals surface area contributed by atoms with Gasteiger partial charge in [-0.05, 0) is 43.5 Å². The van der Waals surface area contributed by atoms with Crippen LogP contribution in [-0.4, -0.2) is 69.2 Å². The van der Waals surface area contributed by atoms with Crippen LogP contribution in [0.1, 0.15) is 89.5 Å². The van der Waals surface area contributed by atoms with E-state index in [4.69, 9.17) is 26.2 Å². The molecule has 1 aromatic rings. The Morgan fingerprint density at radius 3 is 1.97 bits per heavy atom. The summed E-state index contributed by atoms with van der Waals surface area (Å²) in [4.78, 5) is 10.1. The average Bonchev–Trinajstić information content (AvgIpc) is 2.82. The highest BCUT2D eigenvalue weighted by atomic mass is 35.5. The number of benzene rings is 1. The maximum atomic E-state index is 10.1. The summed E-state index contributed by atoms with van der Waals surface area (Å²) >= 11 is 5.70. The number of carbonyl (C=O) groups excluding carboxylic acids is 1. The molecule has 0 fully saturated rings. The van der Waals surface area contributed by atoms with E-state index in [1.54, 1.807) is 25.1 Å². The quantitative estimate of drug-likeness (QED) is 0.167. The number of carbonyl (C=O) groups is 1. The van der Waals surface area contributed by atoms with Crippen LogP contribution in [0.15, 0.2) is 18.2 Å². The van der Waals surface area contributed by atoms with E-state index in [2.05, 4.69) is 21.0 Å². The van der Waals surface area contributed by atoms with Crippen molar-refractivity contribution in [3.05, 3.63) is 28.8 Å². The van der Waals surface area contributed by atoms with Crippen molar-refractivity contribution in [2.45, 2.75) is 90.9 Å². The van der Waals surface area contributed by atoms with Gasteiger partial charge in [0.2, 0.25) is 0 Å². The van der Waals surface area contributed by atoms with E-state index in [9.17, 15) is 9.90 Å². The zero-order valence-electron chi connectivity index (χ0n) is 23.4. The third-order valence-electron chi connectivity index (χ3n) is 6.18. The van der Waals surface area contributed by atoms with Gasteiger partial charge in [0.15, 0.2) is 0 Å². The molecule has 0 aliphatic heterocycles. The number of ether oxygens (including phenoxy) is 2. The van der Waals surface area contributed by atoms with Crippen LogP contribution < -0.4 is 9.84 Å². The first-order chi connectivity index (χ1) is 17.2. The van der Waals surface area contributed by atoms with E-state index < -0.39 is 12.6 Å². The number of aliphatic hydroxyl groups excluding tert-OH is 1. The van der Waals surface area contributed by atoms with Crippen molar-refractivity contribution in [3.63, 3.8) is 0 Å². The molecule has 1 N–H and O–H groups in total. The summed E-state index contributed by atoms with van der Waals surface area (Å²) < 4.78 is 11.3. The van der Waals surface area contributed by atoms with Gasteiger partial charge in [-0.15, -0.1) is 0 Å². The second kappa shape index (κ2) is 22.8. The normalized spacial score (nSPS) is 11.2. The molecule has 0 saturated heterocycles. The zero-order valence-corrected chi connectivity index (χ0v) is 24.1. The van der Waals surface area contributed by atoms with E-state index >= 15 is 0 Å². The van der Waals surface area contributed by atoms with E-state index in [-0.39, 0.29) is 6.61 Å². The third-order valence-corrected chi connectivity index (χ3v) is 6.41. The number of nitrogens with zero attached hydrogens (tertiary/aromatic N) is 1. The number of likely N-dealkylation sites (N-methyl/N-ethyl adjacent to an activating group) is 1. The van der Waals surface area contributed by atoms with Crippen molar-refractivity contribution in [3.8, 4) is 5.75 Å². The molecular formula is C29H52ClNO5.